The lowest BCUT2D eigenvalue weighted by Gasteiger charge is -2.23. The van der Waals surface area contributed by atoms with E-state index in [0.717, 1.165) is 22.2 Å². The van der Waals surface area contributed by atoms with Gasteiger partial charge in [-0.15, -0.1) is 0 Å². The molecule has 0 N–H and O–H groups in total. The van der Waals surface area contributed by atoms with Crippen molar-refractivity contribution < 1.29 is 12.8 Å². The van der Waals surface area contributed by atoms with E-state index in [0.29, 0.717) is 0 Å². The molecule has 0 bridgehead atoms. The summed E-state index contributed by atoms with van der Waals surface area (Å²) in [5.74, 6) is -0.668. The smallest absolute Gasteiger partial charge is 0.232 e. The van der Waals surface area contributed by atoms with Crippen molar-refractivity contribution >= 4 is 27.3 Å². The largest absolute Gasteiger partial charge is 0.263 e. The second-order valence-corrected chi connectivity index (χ2v) is 6.69. The van der Waals surface area contributed by atoms with E-state index in [1.54, 1.807) is 24.3 Å². The predicted molar refractivity (Wildman–Crippen MR) is 78.9 cm³/mol. The zero-order valence-electron chi connectivity index (χ0n) is 10.8. The molecule has 0 fully saturated rings. The molecule has 0 unspecified atom stereocenters. The SMILES string of the molecule is CS(=O)(=O)N(Cc1ccccc1)c1ccc(Cl)cc1F. The maximum Gasteiger partial charge on any atom is 0.232 e. The fraction of sp³-hybridized carbons (Fsp3) is 0.143. The van der Waals surface area contributed by atoms with Crippen LogP contribution in [0.4, 0.5) is 10.1 Å². The van der Waals surface area contributed by atoms with E-state index in [1.165, 1.54) is 12.1 Å². The summed E-state index contributed by atoms with van der Waals surface area (Å²) in [6.07, 6.45) is 1.05. The molecule has 3 nitrogen and oxygen atoms in total. The van der Waals surface area contributed by atoms with Crippen molar-refractivity contribution in [2.75, 3.05) is 10.6 Å². The fourth-order valence-electron chi connectivity index (χ4n) is 1.81. The van der Waals surface area contributed by atoms with E-state index >= 15 is 0 Å². The summed E-state index contributed by atoms with van der Waals surface area (Å²) in [4.78, 5) is 0. The molecule has 0 saturated heterocycles. The lowest BCUT2D eigenvalue weighted by molar-refractivity contribution is 0.590. The van der Waals surface area contributed by atoms with E-state index in [4.69, 9.17) is 11.6 Å². The highest BCUT2D eigenvalue weighted by molar-refractivity contribution is 7.92. The minimum absolute atomic E-state index is 0.0132. The number of anilines is 1. The third-order valence-electron chi connectivity index (χ3n) is 2.75. The van der Waals surface area contributed by atoms with Crippen LogP contribution < -0.4 is 4.31 Å². The van der Waals surface area contributed by atoms with Gasteiger partial charge in [0, 0.05) is 5.02 Å². The Bertz CT molecular complexity index is 704. The second-order valence-electron chi connectivity index (χ2n) is 4.35. The fourth-order valence-corrected chi connectivity index (χ4v) is 2.86. The minimum Gasteiger partial charge on any atom is -0.263 e. The van der Waals surface area contributed by atoms with Gasteiger partial charge in [-0.1, -0.05) is 41.9 Å². The summed E-state index contributed by atoms with van der Waals surface area (Å²) >= 11 is 5.69. The summed E-state index contributed by atoms with van der Waals surface area (Å²) in [7, 11) is -3.60. The summed E-state index contributed by atoms with van der Waals surface area (Å²) in [5.41, 5.74) is 0.757. The van der Waals surface area contributed by atoms with Gasteiger partial charge < -0.3 is 0 Å². The second kappa shape index (κ2) is 5.81. The van der Waals surface area contributed by atoms with Crippen molar-refractivity contribution in [1.29, 1.82) is 0 Å². The topological polar surface area (TPSA) is 37.4 Å². The molecule has 0 saturated carbocycles. The van der Waals surface area contributed by atoms with Gasteiger partial charge in [-0.2, -0.15) is 0 Å². The van der Waals surface area contributed by atoms with Crippen molar-refractivity contribution in [3.63, 3.8) is 0 Å². The molecule has 0 aromatic heterocycles. The quantitative estimate of drug-likeness (QED) is 0.867. The van der Waals surface area contributed by atoms with E-state index in [9.17, 15) is 12.8 Å². The van der Waals surface area contributed by atoms with E-state index in [2.05, 4.69) is 0 Å². The number of rotatable bonds is 4. The summed E-state index contributed by atoms with van der Waals surface area (Å²) < 4.78 is 38.8. The monoisotopic (exact) mass is 313 g/mol. The van der Waals surface area contributed by atoms with Gasteiger partial charge in [0.15, 0.2) is 0 Å². The third-order valence-corrected chi connectivity index (χ3v) is 4.11. The molecule has 0 spiro atoms. The number of halogens is 2. The Hall–Kier alpha value is -1.59. The first-order chi connectivity index (χ1) is 9.38. The van der Waals surface area contributed by atoms with E-state index < -0.39 is 15.8 Å². The van der Waals surface area contributed by atoms with Crippen LogP contribution in [0.15, 0.2) is 48.5 Å². The number of benzene rings is 2. The molecule has 106 valence electrons. The maximum atomic E-state index is 13.9. The Kier molecular flexibility index (Phi) is 4.30. The minimum atomic E-state index is -3.60. The molecule has 0 aliphatic heterocycles. The van der Waals surface area contributed by atoms with Crippen LogP contribution in [0.25, 0.3) is 0 Å². The van der Waals surface area contributed by atoms with Crippen molar-refractivity contribution in [1.82, 2.24) is 0 Å². The average Bonchev–Trinajstić information content (AvgIpc) is 2.37. The van der Waals surface area contributed by atoms with Gasteiger partial charge in [-0.25, -0.2) is 12.8 Å². The van der Waals surface area contributed by atoms with Crippen LogP contribution in [0.2, 0.25) is 5.02 Å². The van der Waals surface area contributed by atoms with Crippen LogP contribution in [0.3, 0.4) is 0 Å². The van der Waals surface area contributed by atoms with Gasteiger partial charge in [0.1, 0.15) is 5.82 Å². The van der Waals surface area contributed by atoms with Gasteiger partial charge in [-0.05, 0) is 23.8 Å². The zero-order valence-corrected chi connectivity index (χ0v) is 12.3. The van der Waals surface area contributed by atoms with Crippen molar-refractivity contribution in [2.45, 2.75) is 6.54 Å². The summed E-state index contributed by atoms with van der Waals surface area (Å²) in [6.45, 7) is 0.0677. The van der Waals surface area contributed by atoms with Crippen LogP contribution in [-0.2, 0) is 16.6 Å². The highest BCUT2D eigenvalue weighted by Crippen LogP contribution is 2.26. The van der Waals surface area contributed by atoms with Crippen LogP contribution in [0, 0.1) is 5.82 Å². The molecular weight excluding hydrogens is 301 g/mol. The Morgan fingerprint density at radius 1 is 1.15 bits per heavy atom. The standard InChI is InChI=1S/C14H13ClFNO2S/c1-20(18,19)17(10-11-5-3-2-4-6-11)14-8-7-12(15)9-13(14)16/h2-9H,10H2,1H3. The van der Waals surface area contributed by atoms with Crippen LogP contribution >= 0.6 is 11.6 Å². The Labute approximate surface area is 122 Å². The molecule has 0 aliphatic carbocycles. The molecule has 20 heavy (non-hydrogen) atoms. The molecule has 2 aromatic rings. The van der Waals surface area contributed by atoms with Crippen LogP contribution in [-0.4, -0.2) is 14.7 Å². The Morgan fingerprint density at radius 3 is 2.35 bits per heavy atom. The van der Waals surface area contributed by atoms with Crippen molar-refractivity contribution in [3.8, 4) is 0 Å². The molecule has 0 aliphatic rings. The molecule has 0 amide bonds. The third kappa shape index (κ3) is 3.49. The lowest BCUT2D eigenvalue weighted by atomic mass is 10.2. The first-order valence-corrected chi connectivity index (χ1v) is 8.07. The number of hydrogen-bond donors (Lipinski definition) is 0. The van der Waals surface area contributed by atoms with Crippen LogP contribution in [0.1, 0.15) is 5.56 Å². The van der Waals surface area contributed by atoms with E-state index in [1.807, 2.05) is 6.07 Å². The first kappa shape index (κ1) is 14.8. The molecule has 0 atom stereocenters. The normalized spacial score (nSPS) is 11.3. The van der Waals surface area contributed by atoms with Gasteiger partial charge in [0.2, 0.25) is 10.0 Å². The van der Waals surface area contributed by atoms with Gasteiger partial charge in [-0.3, -0.25) is 4.31 Å². The number of sulfonamides is 1. The van der Waals surface area contributed by atoms with E-state index in [-0.39, 0.29) is 17.3 Å². The highest BCUT2D eigenvalue weighted by Gasteiger charge is 2.21. The summed E-state index contributed by atoms with van der Waals surface area (Å²) in [6, 6.07) is 12.9. The Morgan fingerprint density at radius 2 is 1.80 bits per heavy atom. The molecule has 2 rings (SSSR count). The van der Waals surface area contributed by atoms with Crippen LogP contribution in [0.5, 0.6) is 0 Å². The first-order valence-electron chi connectivity index (χ1n) is 5.84. The van der Waals surface area contributed by atoms with Crippen molar-refractivity contribution in [3.05, 3.63) is 64.9 Å². The van der Waals surface area contributed by atoms with Crippen molar-refractivity contribution in [2.24, 2.45) is 0 Å². The average molecular weight is 314 g/mol. The molecule has 2 aromatic carbocycles. The van der Waals surface area contributed by atoms with Gasteiger partial charge >= 0.3 is 0 Å². The lowest BCUT2D eigenvalue weighted by Crippen LogP contribution is -2.30. The number of nitrogens with zero attached hydrogens (tertiary/aromatic N) is 1. The molecule has 6 heteroatoms. The van der Waals surface area contributed by atoms with Gasteiger partial charge in [0.25, 0.3) is 0 Å². The van der Waals surface area contributed by atoms with Gasteiger partial charge in [0.05, 0.1) is 18.5 Å². The summed E-state index contributed by atoms with van der Waals surface area (Å²) in [5, 5.41) is 0.222. The maximum absolute atomic E-state index is 13.9. The molecule has 0 heterocycles. The highest BCUT2D eigenvalue weighted by atomic mass is 35.5. The Balaban J connectivity index is 2.44. The zero-order chi connectivity index (χ0) is 14.8. The molecule has 0 radical (unpaired) electrons. The number of hydrogen-bond acceptors (Lipinski definition) is 2. The predicted octanol–water partition coefficient (Wildman–Crippen LogP) is 3.45. The molecular formula is C14H13ClFNO2S.